The summed E-state index contributed by atoms with van der Waals surface area (Å²) in [5, 5.41) is 14.0. The molecule has 6 heteroatoms. The molecule has 6 nitrogen and oxygen atoms in total. The Kier molecular flexibility index (Phi) is 2.95. The first-order valence-electron chi connectivity index (χ1n) is 5.21. The molecular formula is C11H12N2O4. The van der Waals surface area contributed by atoms with Crippen LogP contribution in [0.3, 0.4) is 0 Å². The SMILES string of the molecule is COC(=O)C[C@@H]1CNc2cccc([N+](=O)[O-])c21. The van der Waals surface area contributed by atoms with Crippen molar-refractivity contribution in [1.29, 1.82) is 0 Å². The highest BCUT2D eigenvalue weighted by Crippen LogP contribution is 2.39. The van der Waals surface area contributed by atoms with E-state index in [2.05, 4.69) is 10.1 Å². The van der Waals surface area contributed by atoms with Crippen LogP contribution in [0.25, 0.3) is 0 Å². The Morgan fingerprint density at radius 2 is 2.41 bits per heavy atom. The smallest absolute Gasteiger partial charge is 0.306 e. The number of carbonyl (C=O) groups is 1. The molecule has 1 aliphatic heterocycles. The average Bonchev–Trinajstić information content (AvgIpc) is 2.72. The minimum Gasteiger partial charge on any atom is -0.469 e. The van der Waals surface area contributed by atoms with E-state index in [1.807, 2.05) is 0 Å². The molecule has 90 valence electrons. The summed E-state index contributed by atoms with van der Waals surface area (Å²) in [7, 11) is 1.31. The second-order valence-electron chi connectivity index (χ2n) is 3.85. The summed E-state index contributed by atoms with van der Waals surface area (Å²) in [5.41, 5.74) is 1.39. The van der Waals surface area contributed by atoms with Crippen molar-refractivity contribution < 1.29 is 14.5 Å². The summed E-state index contributed by atoms with van der Waals surface area (Å²) in [6, 6.07) is 4.86. The third kappa shape index (κ3) is 2.06. The molecule has 0 fully saturated rings. The number of esters is 1. The monoisotopic (exact) mass is 236 g/mol. The van der Waals surface area contributed by atoms with Crippen LogP contribution in [-0.2, 0) is 9.53 Å². The van der Waals surface area contributed by atoms with Crippen LogP contribution in [0.4, 0.5) is 11.4 Å². The number of anilines is 1. The van der Waals surface area contributed by atoms with E-state index in [1.54, 1.807) is 12.1 Å². The number of methoxy groups -OCH3 is 1. The van der Waals surface area contributed by atoms with Gasteiger partial charge in [0.1, 0.15) is 0 Å². The van der Waals surface area contributed by atoms with Gasteiger partial charge in [0, 0.05) is 24.2 Å². The largest absolute Gasteiger partial charge is 0.469 e. The number of ether oxygens (including phenoxy) is 1. The van der Waals surface area contributed by atoms with Gasteiger partial charge >= 0.3 is 5.97 Å². The zero-order chi connectivity index (χ0) is 12.4. The van der Waals surface area contributed by atoms with Crippen molar-refractivity contribution in [3.05, 3.63) is 33.9 Å². The minimum atomic E-state index is -0.421. The number of carbonyl (C=O) groups excluding carboxylic acids is 1. The van der Waals surface area contributed by atoms with E-state index in [4.69, 9.17) is 0 Å². The molecule has 1 aromatic carbocycles. The molecule has 2 rings (SSSR count). The predicted octanol–water partition coefficient (Wildman–Crippen LogP) is 1.67. The Labute approximate surface area is 97.7 Å². The maximum Gasteiger partial charge on any atom is 0.306 e. The average molecular weight is 236 g/mol. The fraction of sp³-hybridized carbons (Fsp3) is 0.364. The van der Waals surface area contributed by atoms with Gasteiger partial charge in [0.15, 0.2) is 0 Å². The number of nitro groups is 1. The highest BCUT2D eigenvalue weighted by molar-refractivity contribution is 5.74. The van der Waals surface area contributed by atoms with Gasteiger partial charge in [-0.1, -0.05) is 6.07 Å². The molecule has 0 saturated heterocycles. The van der Waals surface area contributed by atoms with Crippen molar-refractivity contribution in [2.24, 2.45) is 0 Å². The topological polar surface area (TPSA) is 81.5 Å². The predicted molar refractivity (Wildman–Crippen MR) is 61.0 cm³/mol. The molecule has 1 aliphatic rings. The number of benzene rings is 1. The zero-order valence-electron chi connectivity index (χ0n) is 9.30. The van der Waals surface area contributed by atoms with Crippen LogP contribution >= 0.6 is 0 Å². The van der Waals surface area contributed by atoms with E-state index in [0.29, 0.717) is 12.1 Å². The van der Waals surface area contributed by atoms with Crippen molar-refractivity contribution in [2.75, 3.05) is 19.0 Å². The number of nitro benzene ring substituents is 1. The van der Waals surface area contributed by atoms with Gasteiger partial charge < -0.3 is 10.1 Å². The van der Waals surface area contributed by atoms with Gasteiger partial charge in [-0.05, 0) is 6.07 Å². The molecule has 0 amide bonds. The highest BCUT2D eigenvalue weighted by atomic mass is 16.6. The van der Waals surface area contributed by atoms with Gasteiger partial charge in [-0.15, -0.1) is 0 Å². The molecule has 0 saturated carbocycles. The standard InChI is InChI=1S/C11H12N2O4/c1-17-10(14)5-7-6-12-8-3-2-4-9(11(7)8)13(15)16/h2-4,7,12H,5-6H2,1H3/t7-/m1/s1. The summed E-state index contributed by atoms with van der Waals surface area (Å²) < 4.78 is 4.59. The number of hydrogen-bond acceptors (Lipinski definition) is 5. The Bertz CT molecular complexity index is 473. The van der Waals surface area contributed by atoms with E-state index in [9.17, 15) is 14.9 Å². The van der Waals surface area contributed by atoms with Crippen molar-refractivity contribution in [1.82, 2.24) is 0 Å². The van der Waals surface area contributed by atoms with Crippen LogP contribution in [0.5, 0.6) is 0 Å². The quantitative estimate of drug-likeness (QED) is 0.490. The second-order valence-corrected chi connectivity index (χ2v) is 3.85. The van der Waals surface area contributed by atoms with Crippen molar-refractivity contribution >= 4 is 17.3 Å². The maximum atomic E-state index is 11.2. The molecule has 1 aromatic rings. The number of hydrogen-bond donors (Lipinski definition) is 1. The fourth-order valence-electron chi connectivity index (χ4n) is 2.09. The van der Waals surface area contributed by atoms with Crippen molar-refractivity contribution in [3.63, 3.8) is 0 Å². The third-order valence-corrected chi connectivity index (χ3v) is 2.87. The lowest BCUT2D eigenvalue weighted by molar-refractivity contribution is -0.385. The van der Waals surface area contributed by atoms with Crippen LogP contribution in [0.15, 0.2) is 18.2 Å². The molecule has 0 aliphatic carbocycles. The molecule has 0 radical (unpaired) electrons. The molecule has 17 heavy (non-hydrogen) atoms. The lowest BCUT2D eigenvalue weighted by Gasteiger charge is -2.08. The molecule has 1 N–H and O–H groups in total. The van der Waals surface area contributed by atoms with Gasteiger partial charge in [0.2, 0.25) is 0 Å². The molecule has 0 unspecified atom stereocenters. The van der Waals surface area contributed by atoms with Gasteiger partial charge in [-0.2, -0.15) is 0 Å². The summed E-state index contributed by atoms with van der Waals surface area (Å²) in [6.45, 7) is 0.523. The van der Waals surface area contributed by atoms with Crippen molar-refractivity contribution in [2.45, 2.75) is 12.3 Å². The lowest BCUT2D eigenvalue weighted by atomic mass is 9.96. The van der Waals surface area contributed by atoms with E-state index in [1.165, 1.54) is 13.2 Å². The maximum absolute atomic E-state index is 11.2. The minimum absolute atomic E-state index is 0.0569. The Morgan fingerprint density at radius 3 is 3.06 bits per heavy atom. The van der Waals surface area contributed by atoms with Crippen LogP contribution in [-0.4, -0.2) is 24.5 Å². The molecular weight excluding hydrogens is 224 g/mol. The summed E-state index contributed by atoms with van der Waals surface area (Å²) in [5.74, 6) is -0.554. The van der Waals surface area contributed by atoms with Gasteiger partial charge in [0.05, 0.1) is 24.0 Å². The Hall–Kier alpha value is -2.11. The van der Waals surface area contributed by atoms with Crippen LogP contribution < -0.4 is 5.32 Å². The van der Waals surface area contributed by atoms with E-state index in [0.717, 1.165) is 5.69 Å². The van der Waals surface area contributed by atoms with Gasteiger partial charge in [-0.25, -0.2) is 0 Å². The number of rotatable bonds is 3. The molecule has 0 spiro atoms. The number of fused-ring (bicyclic) bond motifs is 1. The first kappa shape index (κ1) is 11.4. The molecule has 0 bridgehead atoms. The Balaban J connectivity index is 2.35. The summed E-state index contributed by atoms with van der Waals surface area (Å²) >= 11 is 0. The molecule has 1 atom stereocenters. The molecule has 0 aromatic heterocycles. The first-order valence-corrected chi connectivity index (χ1v) is 5.21. The van der Waals surface area contributed by atoms with Crippen LogP contribution in [0.1, 0.15) is 17.9 Å². The molecule has 1 heterocycles. The van der Waals surface area contributed by atoms with Gasteiger partial charge in [-0.3, -0.25) is 14.9 Å². The second kappa shape index (κ2) is 4.40. The third-order valence-electron chi connectivity index (χ3n) is 2.87. The first-order chi connectivity index (χ1) is 8.13. The summed E-state index contributed by atoms with van der Waals surface area (Å²) in [4.78, 5) is 21.7. The number of nitrogens with one attached hydrogen (secondary N) is 1. The van der Waals surface area contributed by atoms with Gasteiger partial charge in [0.25, 0.3) is 5.69 Å². The number of nitrogens with zero attached hydrogens (tertiary/aromatic N) is 1. The normalized spacial score (nSPS) is 17.1. The van der Waals surface area contributed by atoms with Crippen LogP contribution in [0.2, 0.25) is 0 Å². The van der Waals surface area contributed by atoms with E-state index >= 15 is 0 Å². The summed E-state index contributed by atoms with van der Waals surface area (Å²) in [6.07, 6.45) is 0.154. The highest BCUT2D eigenvalue weighted by Gasteiger charge is 2.31. The van der Waals surface area contributed by atoms with Crippen LogP contribution in [0, 0.1) is 10.1 Å². The van der Waals surface area contributed by atoms with Crippen molar-refractivity contribution in [3.8, 4) is 0 Å². The Morgan fingerprint density at radius 1 is 1.65 bits per heavy atom. The van der Waals surface area contributed by atoms with E-state index < -0.39 is 4.92 Å². The fourth-order valence-corrected chi connectivity index (χ4v) is 2.09. The lowest BCUT2D eigenvalue weighted by Crippen LogP contribution is -2.11. The van der Waals surface area contributed by atoms with E-state index in [-0.39, 0.29) is 24.0 Å². The zero-order valence-corrected chi connectivity index (χ0v) is 9.30.